The molecule has 0 unspecified atom stereocenters. The van der Waals surface area contributed by atoms with Crippen molar-refractivity contribution >= 4 is 62.3 Å². The van der Waals surface area contributed by atoms with Gasteiger partial charge in [-0.3, -0.25) is 13.9 Å². The highest BCUT2D eigenvalue weighted by atomic mass is 35.5. The first kappa shape index (κ1) is 34.3. The normalized spacial score (nSPS) is 11.9. The fraction of sp³-hybridized carbons (Fsp3) is 0.235. The molecule has 2 amide bonds. The molecule has 45 heavy (non-hydrogen) atoms. The average Bonchev–Trinajstić information content (AvgIpc) is 3.03. The maximum atomic E-state index is 14.5. The number of benzene rings is 4. The third-order valence-corrected chi connectivity index (χ3v) is 9.72. The van der Waals surface area contributed by atoms with Crippen LogP contribution in [0.15, 0.2) is 108 Å². The van der Waals surface area contributed by atoms with E-state index in [9.17, 15) is 18.0 Å². The molecular weight excluding hydrogens is 653 g/mol. The van der Waals surface area contributed by atoms with Gasteiger partial charge in [0.25, 0.3) is 10.0 Å². The summed E-state index contributed by atoms with van der Waals surface area (Å²) < 4.78 is 29.1. The summed E-state index contributed by atoms with van der Waals surface area (Å²) in [5.74, 6) is -0.932. The van der Waals surface area contributed by atoms with Crippen LogP contribution in [0, 0.1) is 0 Å². The second-order valence-electron chi connectivity index (χ2n) is 10.4. The number of rotatable bonds is 14. The summed E-state index contributed by atoms with van der Waals surface area (Å²) in [5.41, 5.74) is 1.64. The highest BCUT2D eigenvalue weighted by molar-refractivity contribution is 7.92. The molecule has 0 saturated carbocycles. The third-order valence-electron chi connectivity index (χ3n) is 7.16. The van der Waals surface area contributed by atoms with Crippen molar-refractivity contribution in [2.45, 2.75) is 43.7 Å². The van der Waals surface area contributed by atoms with Crippen molar-refractivity contribution in [2.75, 3.05) is 17.4 Å². The molecule has 4 rings (SSSR count). The molecule has 4 aromatic carbocycles. The first-order valence-electron chi connectivity index (χ1n) is 14.5. The predicted octanol–water partition coefficient (Wildman–Crippen LogP) is 7.40. The van der Waals surface area contributed by atoms with E-state index >= 15 is 0 Å². The summed E-state index contributed by atoms with van der Waals surface area (Å²) >= 11 is 18.8. The fourth-order valence-electron chi connectivity index (χ4n) is 4.76. The van der Waals surface area contributed by atoms with Gasteiger partial charge in [0, 0.05) is 29.6 Å². The number of unbranched alkanes of at least 4 members (excludes halogenated alkanes) is 1. The maximum Gasteiger partial charge on any atom is 0.264 e. The monoisotopic (exact) mass is 685 g/mol. The van der Waals surface area contributed by atoms with Crippen LogP contribution in [0.25, 0.3) is 0 Å². The molecule has 0 aliphatic heterocycles. The SMILES string of the molecule is CCCCNC(=O)[C@H](Cc1ccccc1)N(Cc1ccc(Cl)cc1)C(=O)CN(c1ccc(Cl)cc1Cl)S(=O)(=O)c1ccccc1. The van der Waals surface area contributed by atoms with Crippen LogP contribution in [-0.4, -0.2) is 44.3 Å². The number of hydrogen-bond donors (Lipinski definition) is 1. The molecule has 0 fully saturated rings. The lowest BCUT2D eigenvalue weighted by Gasteiger charge is -2.34. The van der Waals surface area contributed by atoms with Crippen LogP contribution in [0.2, 0.25) is 15.1 Å². The topological polar surface area (TPSA) is 86.8 Å². The van der Waals surface area contributed by atoms with Crippen molar-refractivity contribution in [1.82, 2.24) is 10.2 Å². The van der Waals surface area contributed by atoms with Gasteiger partial charge in [0.15, 0.2) is 0 Å². The third kappa shape index (κ3) is 9.23. The van der Waals surface area contributed by atoms with E-state index in [0.717, 1.165) is 22.7 Å². The molecule has 11 heteroatoms. The average molecular weight is 687 g/mol. The number of nitrogens with zero attached hydrogens (tertiary/aromatic N) is 2. The summed E-state index contributed by atoms with van der Waals surface area (Å²) in [6.07, 6.45) is 1.86. The van der Waals surface area contributed by atoms with Gasteiger partial charge in [-0.25, -0.2) is 8.42 Å². The molecule has 1 atom stereocenters. The lowest BCUT2D eigenvalue weighted by atomic mass is 10.0. The van der Waals surface area contributed by atoms with Crippen molar-refractivity contribution in [1.29, 1.82) is 0 Å². The summed E-state index contributed by atoms with van der Waals surface area (Å²) in [4.78, 5) is 29.7. The summed E-state index contributed by atoms with van der Waals surface area (Å²) in [5, 5.41) is 3.85. The van der Waals surface area contributed by atoms with E-state index in [1.807, 2.05) is 37.3 Å². The van der Waals surface area contributed by atoms with Gasteiger partial charge in [-0.2, -0.15) is 0 Å². The van der Waals surface area contributed by atoms with Crippen molar-refractivity contribution in [3.8, 4) is 0 Å². The Labute approximate surface area is 279 Å². The van der Waals surface area contributed by atoms with Crippen LogP contribution in [0.1, 0.15) is 30.9 Å². The Morgan fingerprint density at radius 1 is 0.800 bits per heavy atom. The number of halogens is 3. The molecule has 0 bridgehead atoms. The van der Waals surface area contributed by atoms with Gasteiger partial charge in [0.2, 0.25) is 11.8 Å². The van der Waals surface area contributed by atoms with Gasteiger partial charge in [0.05, 0.1) is 15.6 Å². The minimum Gasteiger partial charge on any atom is -0.354 e. The van der Waals surface area contributed by atoms with E-state index < -0.39 is 28.5 Å². The van der Waals surface area contributed by atoms with Crippen LogP contribution in [0.4, 0.5) is 5.69 Å². The standard InChI is InChI=1S/C34H34Cl3N3O4S/c1-2-3-20-38-34(42)32(21-25-10-6-4-7-11-25)39(23-26-14-16-27(35)17-15-26)33(41)24-40(31-19-18-28(36)22-30(31)37)45(43,44)29-12-8-5-9-13-29/h4-19,22,32H,2-3,20-21,23-24H2,1H3,(H,38,42)/t32-/m0/s1. The van der Waals surface area contributed by atoms with Crippen LogP contribution in [0.3, 0.4) is 0 Å². The molecule has 0 aromatic heterocycles. The van der Waals surface area contributed by atoms with Crippen molar-refractivity contribution in [3.05, 3.63) is 129 Å². The first-order valence-corrected chi connectivity index (χ1v) is 17.1. The molecule has 7 nitrogen and oxygen atoms in total. The Balaban J connectivity index is 1.80. The number of anilines is 1. The zero-order valence-electron chi connectivity index (χ0n) is 24.7. The molecule has 0 aliphatic carbocycles. The molecule has 0 radical (unpaired) electrons. The predicted molar refractivity (Wildman–Crippen MR) is 181 cm³/mol. The molecule has 1 N–H and O–H groups in total. The zero-order chi connectivity index (χ0) is 32.4. The molecule has 0 saturated heterocycles. The van der Waals surface area contributed by atoms with Crippen LogP contribution >= 0.6 is 34.8 Å². The van der Waals surface area contributed by atoms with E-state index in [-0.39, 0.29) is 34.5 Å². The number of hydrogen-bond acceptors (Lipinski definition) is 4. The van der Waals surface area contributed by atoms with Crippen LogP contribution in [0.5, 0.6) is 0 Å². The molecule has 0 spiro atoms. The molecular formula is C34H34Cl3N3O4S. The minimum absolute atomic E-state index is 0.0220. The van der Waals surface area contributed by atoms with E-state index in [4.69, 9.17) is 34.8 Å². The Hall–Kier alpha value is -3.56. The second kappa shape index (κ2) is 16.1. The summed E-state index contributed by atoms with van der Waals surface area (Å²) in [7, 11) is -4.28. The van der Waals surface area contributed by atoms with Gasteiger partial charge < -0.3 is 10.2 Å². The Morgan fingerprint density at radius 3 is 2.04 bits per heavy atom. The smallest absolute Gasteiger partial charge is 0.264 e. The summed E-state index contributed by atoms with van der Waals surface area (Å²) in [6, 6.07) is 27.5. The molecule has 0 aliphatic rings. The van der Waals surface area contributed by atoms with Crippen molar-refractivity contribution in [3.63, 3.8) is 0 Å². The first-order chi connectivity index (χ1) is 21.6. The molecule has 236 valence electrons. The van der Waals surface area contributed by atoms with Crippen LogP contribution < -0.4 is 9.62 Å². The number of carbonyl (C=O) groups is 2. The van der Waals surface area contributed by atoms with E-state index in [1.54, 1.807) is 42.5 Å². The van der Waals surface area contributed by atoms with E-state index in [2.05, 4.69) is 5.32 Å². The number of sulfonamides is 1. The Morgan fingerprint density at radius 2 is 1.42 bits per heavy atom. The Kier molecular flexibility index (Phi) is 12.3. The fourth-order valence-corrected chi connectivity index (χ4v) is 6.90. The van der Waals surface area contributed by atoms with Gasteiger partial charge in [-0.05, 0) is 60.0 Å². The van der Waals surface area contributed by atoms with E-state index in [1.165, 1.54) is 35.2 Å². The summed E-state index contributed by atoms with van der Waals surface area (Å²) in [6.45, 7) is 1.87. The van der Waals surface area contributed by atoms with Gasteiger partial charge in [0.1, 0.15) is 12.6 Å². The molecule has 0 heterocycles. The number of nitrogens with one attached hydrogen (secondary N) is 1. The van der Waals surface area contributed by atoms with Gasteiger partial charge >= 0.3 is 0 Å². The Bertz CT molecular complexity index is 1690. The van der Waals surface area contributed by atoms with Crippen molar-refractivity contribution in [2.24, 2.45) is 0 Å². The maximum absolute atomic E-state index is 14.5. The number of carbonyl (C=O) groups excluding carboxylic acids is 2. The van der Waals surface area contributed by atoms with Gasteiger partial charge in [-0.15, -0.1) is 0 Å². The minimum atomic E-state index is -4.28. The number of amides is 2. The second-order valence-corrected chi connectivity index (χ2v) is 13.6. The largest absolute Gasteiger partial charge is 0.354 e. The van der Waals surface area contributed by atoms with Crippen molar-refractivity contribution < 1.29 is 18.0 Å². The quantitative estimate of drug-likeness (QED) is 0.140. The lowest BCUT2D eigenvalue weighted by Crippen LogP contribution is -2.53. The van der Waals surface area contributed by atoms with E-state index in [0.29, 0.717) is 22.2 Å². The zero-order valence-corrected chi connectivity index (χ0v) is 27.8. The van der Waals surface area contributed by atoms with Crippen LogP contribution in [-0.2, 0) is 32.6 Å². The highest BCUT2D eigenvalue weighted by Gasteiger charge is 2.35. The molecule has 4 aromatic rings. The lowest BCUT2D eigenvalue weighted by molar-refractivity contribution is -0.140. The van der Waals surface area contributed by atoms with Gasteiger partial charge in [-0.1, -0.05) is 109 Å². The highest BCUT2D eigenvalue weighted by Crippen LogP contribution is 2.33.